The smallest absolute Gasteiger partial charge is 0.0451 e. The fourth-order valence-corrected chi connectivity index (χ4v) is 3.19. The molecule has 0 bridgehead atoms. The Bertz CT molecular complexity index is 437. The molecule has 0 spiro atoms. The molecule has 1 fully saturated rings. The first-order chi connectivity index (χ1) is 10.2. The van der Waals surface area contributed by atoms with Gasteiger partial charge in [0.2, 0.25) is 0 Å². The highest BCUT2D eigenvalue weighted by Crippen LogP contribution is 2.30. The van der Waals surface area contributed by atoms with Gasteiger partial charge in [0.05, 0.1) is 0 Å². The maximum atomic E-state index is 3.71. The molecule has 2 heteroatoms. The van der Waals surface area contributed by atoms with E-state index in [9.17, 15) is 0 Å². The number of likely N-dealkylation sites (N-methyl/N-ethyl adjacent to an activating group) is 1. The standard InChI is InChI=1S/C19H32N2/c1-5-7-12-21(17-9-10-17)14-19(20-6-2)18-11-8-15(3)13-16(18)4/h8,11,13,17,19-20H,5-7,9-10,12,14H2,1-4H3. The number of hydrogen-bond acceptors (Lipinski definition) is 2. The summed E-state index contributed by atoms with van der Waals surface area (Å²) >= 11 is 0. The van der Waals surface area contributed by atoms with Gasteiger partial charge >= 0.3 is 0 Å². The number of rotatable bonds is 9. The summed E-state index contributed by atoms with van der Waals surface area (Å²) in [6, 6.07) is 8.20. The van der Waals surface area contributed by atoms with Gasteiger partial charge in [0, 0.05) is 18.6 Å². The van der Waals surface area contributed by atoms with Crippen LogP contribution in [0.4, 0.5) is 0 Å². The first kappa shape index (κ1) is 16.5. The van der Waals surface area contributed by atoms with Gasteiger partial charge in [-0.1, -0.05) is 44.0 Å². The number of benzene rings is 1. The minimum Gasteiger partial charge on any atom is -0.309 e. The van der Waals surface area contributed by atoms with Crippen LogP contribution in [0.3, 0.4) is 0 Å². The Morgan fingerprint density at radius 1 is 1.24 bits per heavy atom. The van der Waals surface area contributed by atoms with E-state index in [0.717, 1.165) is 19.1 Å². The predicted molar refractivity (Wildman–Crippen MR) is 91.8 cm³/mol. The van der Waals surface area contributed by atoms with Gasteiger partial charge < -0.3 is 5.32 Å². The van der Waals surface area contributed by atoms with Crippen LogP contribution in [0.2, 0.25) is 0 Å². The Morgan fingerprint density at radius 2 is 2.00 bits per heavy atom. The van der Waals surface area contributed by atoms with E-state index in [1.807, 2.05) is 0 Å². The van der Waals surface area contributed by atoms with Crippen LogP contribution in [0.1, 0.15) is 62.3 Å². The molecule has 0 radical (unpaired) electrons. The van der Waals surface area contributed by atoms with Crippen LogP contribution >= 0.6 is 0 Å². The quantitative estimate of drug-likeness (QED) is 0.732. The fraction of sp³-hybridized carbons (Fsp3) is 0.684. The maximum absolute atomic E-state index is 3.71. The van der Waals surface area contributed by atoms with Crippen LogP contribution in [-0.4, -0.2) is 30.6 Å². The SMILES string of the molecule is CCCCN(CC(NCC)c1ccc(C)cc1C)C1CC1. The summed E-state index contributed by atoms with van der Waals surface area (Å²) in [6.07, 6.45) is 5.41. The van der Waals surface area contributed by atoms with Gasteiger partial charge in [0.25, 0.3) is 0 Å². The summed E-state index contributed by atoms with van der Waals surface area (Å²) in [7, 11) is 0. The molecule has 0 heterocycles. The Kier molecular flexibility index (Phi) is 6.25. The highest BCUT2D eigenvalue weighted by Gasteiger charge is 2.30. The third-order valence-electron chi connectivity index (χ3n) is 4.53. The zero-order valence-electron chi connectivity index (χ0n) is 14.3. The molecule has 1 N–H and O–H groups in total. The van der Waals surface area contributed by atoms with Crippen molar-refractivity contribution in [3.63, 3.8) is 0 Å². The van der Waals surface area contributed by atoms with E-state index >= 15 is 0 Å². The van der Waals surface area contributed by atoms with E-state index in [1.165, 1.54) is 48.9 Å². The van der Waals surface area contributed by atoms with Gasteiger partial charge in [0.1, 0.15) is 0 Å². The number of hydrogen-bond donors (Lipinski definition) is 1. The van der Waals surface area contributed by atoms with E-state index in [2.05, 4.69) is 56.1 Å². The Morgan fingerprint density at radius 3 is 2.57 bits per heavy atom. The van der Waals surface area contributed by atoms with E-state index in [1.54, 1.807) is 0 Å². The summed E-state index contributed by atoms with van der Waals surface area (Å²) in [4.78, 5) is 2.72. The molecule has 1 aromatic rings. The Labute approximate surface area is 130 Å². The largest absolute Gasteiger partial charge is 0.309 e. The number of aryl methyl sites for hydroxylation is 2. The van der Waals surface area contributed by atoms with E-state index in [4.69, 9.17) is 0 Å². The molecule has 1 aliphatic rings. The normalized spacial score (nSPS) is 16.4. The van der Waals surface area contributed by atoms with Crippen molar-refractivity contribution in [2.24, 2.45) is 0 Å². The number of unbranched alkanes of at least 4 members (excludes halogenated alkanes) is 1. The van der Waals surface area contributed by atoms with Crippen molar-refractivity contribution in [3.05, 3.63) is 34.9 Å². The predicted octanol–water partition coefficient (Wildman–Crippen LogP) is 4.22. The average molecular weight is 288 g/mol. The van der Waals surface area contributed by atoms with E-state index in [0.29, 0.717) is 6.04 Å². The molecule has 1 unspecified atom stereocenters. The molecular weight excluding hydrogens is 256 g/mol. The lowest BCUT2D eigenvalue weighted by Crippen LogP contribution is -2.37. The van der Waals surface area contributed by atoms with Crippen molar-refractivity contribution in [2.45, 2.75) is 65.5 Å². The zero-order chi connectivity index (χ0) is 15.2. The Hall–Kier alpha value is -0.860. The molecule has 0 aromatic heterocycles. The molecule has 0 amide bonds. The molecule has 1 atom stereocenters. The topological polar surface area (TPSA) is 15.3 Å². The van der Waals surface area contributed by atoms with Crippen LogP contribution in [-0.2, 0) is 0 Å². The molecule has 118 valence electrons. The van der Waals surface area contributed by atoms with Gasteiger partial charge in [-0.15, -0.1) is 0 Å². The third kappa shape index (κ3) is 4.82. The van der Waals surface area contributed by atoms with Gasteiger partial charge in [-0.25, -0.2) is 0 Å². The van der Waals surface area contributed by atoms with Crippen LogP contribution in [0.5, 0.6) is 0 Å². The molecule has 0 saturated heterocycles. The Balaban J connectivity index is 2.09. The van der Waals surface area contributed by atoms with Crippen molar-refractivity contribution in [3.8, 4) is 0 Å². The summed E-state index contributed by atoms with van der Waals surface area (Å²) < 4.78 is 0. The highest BCUT2D eigenvalue weighted by molar-refractivity contribution is 5.33. The minimum atomic E-state index is 0.466. The van der Waals surface area contributed by atoms with Crippen LogP contribution in [0.15, 0.2) is 18.2 Å². The lowest BCUT2D eigenvalue weighted by atomic mass is 9.98. The first-order valence-electron chi connectivity index (χ1n) is 8.70. The highest BCUT2D eigenvalue weighted by atomic mass is 15.2. The van der Waals surface area contributed by atoms with Crippen LogP contribution in [0.25, 0.3) is 0 Å². The lowest BCUT2D eigenvalue weighted by Gasteiger charge is -2.29. The molecule has 2 nitrogen and oxygen atoms in total. The van der Waals surface area contributed by atoms with Crippen LogP contribution < -0.4 is 5.32 Å². The summed E-state index contributed by atoms with van der Waals surface area (Å²) in [5.74, 6) is 0. The van der Waals surface area contributed by atoms with Crippen molar-refractivity contribution in [1.29, 1.82) is 0 Å². The van der Waals surface area contributed by atoms with Crippen molar-refractivity contribution in [1.82, 2.24) is 10.2 Å². The maximum Gasteiger partial charge on any atom is 0.0451 e. The molecule has 1 aromatic carbocycles. The summed E-state index contributed by atoms with van der Waals surface area (Å²) in [6.45, 7) is 12.4. The van der Waals surface area contributed by atoms with Gasteiger partial charge in [-0.2, -0.15) is 0 Å². The second-order valence-corrected chi connectivity index (χ2v) is 6.55. The van der Waals surface area contributed by atoms with Crippen molar-refractivity contribution >= 4 is 0 Å². The summed E-state index contributed by atoms with van der Waals surface area (Å²) in [5.41, 5.74) is 4.26. The monoisotopic (exact) mass is 288 g/mol. The average Bonchev–Trinajstić information content (AvgIpc) is 3.27. The molecule has 1 aliphatic carbocycles. The second kappa shape index (κ2) is 7.95. The molecule has 1 saturated carbocycles. The minimum absolute atomic E-state index is 0.466. The van der Waals surface area contributed by atoms with E-state index < -0.39 is 0 Å². The summed E-state index contributed by atoms with van der Waals surface area (Å²) in [5, 5.41) is 3.71. The molecule has 21 heavy (non-hydrogen) atoms. The third-order valence-corrected chi connectivity index (χ3v) is 4.53. The zero-order valence-corrected chi connectivity index (χ0v) is 14.3. The van der Waals surface area contributed by atoms with Crippen molar-refractivity contribution < 1.29 is 0 Å². The van der Waals surface area contributed by atoms with Gasteiger partial charge in [-0.3, -0.25) is 4.90 Å². The van der Waals surface area contributed by atoms with Crippen molar-refractivity contribution in [2.75, 3.05) is 19.6 Å². The number of nitrogens with zero attached hydrogens (tertiary/aromatic N) is 1. The molecule has 2 rings (SSSR count). The van der Waals surface area contributed by atoms with Gasteiger partial charge in [-0.05, 0) is 57.3 Å². The van der Waals surface area contributed by atoms with E-state index in [-0.39, 0.29) is 0 Å². The molecule has 0 aliphatic heterocycles. The first-order valence-corrected chi connectivity index (χ1v) is 8.70. The number of nitrogens with one attached hydrogen (secondary N) is 1. The van der Waals surface area contributed by atoms with Crippen LogP contribution in [0, 0.1) is 13.8 Å². The van der Waals surface area contributed by atoms with Gasteiger partial charge in [0.15, 0.2) is 0 Å². The lowest BCUT2D eigenvalue weighted by molar-refractivity contribution is 0.230. The molecular formula is C19H32N2. The fourth-order valence-electron chi connectivity index (χ4n) is 3.19. The second-order valence-electron chi connectivity index (χ2n) is 6.55.